The van der Waals surface area contributed by atoms with Crippen LogP contribution in [0.2, 0.25) is 0 Å². The lowest BCUT2D eigenvalue weighted by molar-refractivity contribution is -0.137. The number of amides is 2. The van der Waals surface area contributed by atoms with Crippen LogP contribution >= 0.6 is 0 Å². The molecule has 0 spiro atoms. The van der Waals surface area contributed by atoms with E-state index >= 15 is 0 Å². The normalized spacial score (nSPS) is 16.4. The van der Waals surface area contributed by atoms with Gasteiger partial charge in [-0.15, -0.1) is 0 Å². The van der Waals surface area contributed by atoms with Gasteiger partial charge < -0.3 is 15.7 Å². The zero-order chi connectivity index (χ0) is 15.1. The van der Waals surface area contributed by atoms with Crippen molar-refractivity contribution in [2.45, 2.75) is 38.1 Å². The van der Waals surface area contributed by atoms with Crippen molar-refractivity contribution in [2.75, 3.05) is 6.54 Å². The molecule has 0 heterocycles. The Labute approximate surface area is 124 Å². The van der Waals surface area contributed by atoms with E-state index in [1.165, 1.54) is 12.8 Å². The van der Waals surface area contributed by atoms with Gasteiger partial charge in [0.2, 0.25) is 0 Å². The summed E-state index contributed by atoms with van der Waals surface area (Å²) >= 11 is 0. The van der Waals surface area contributed by atoms with Crippen LogP contribution in [0.3, 0.4) is 0 Å². The molecule has 21 heavy (non-hydrogen) atoms. The molecule has 1 aromatic carbocycles. The number of carbonyl (C=O) groups excluding carboxylic acids is 1. The number of benzene rings is 1. The summed E-state index contributed by atoms with van der Waals surface area (Å²) in [4.78, 5) is 22.9. The topological polar surface area (TPSA) is 78.4 Å². The van der Waals surface area contributed by atoms with E-state index in [4.69, 9.17) is 5.11 Å². The van der Waals surface area contributed by atoms with E-state index in [1.807, 2.05) is 30.3 Å². The van der Waals surface area contributed by atoms with Gasteiger partial charge in [-0.25, -0.2) is 4.79 Å². The second-order valence-corrected chi connectivity index (χ2v) is 5.57. The molecule has 0 bridgehead atoms. The number of urea groups is 1. The van der Waals surface area contributed by atoms with E-state index < -0.39 is 12.0 Å². The standard InChI is InChI=1S/C16H22N2O3/c19-15(20)10-14(13-8-2-1-3-9-13)18-16(21)17-11-12-6-4-5-7-12/h1-3,8-9,12,14H,4-7,10-11H2,(H,19,20)(H2,17,18,21). The molecule has 114 valence electrons. The van der Waals surface area contributed by atoms with Crippen LogP contribution in [0.1, 0.15) is 43.7 Å². The quantitative estimate of drug-likeness (QED) is 0.753. The molecule has 0 saturated heterocycles. The van der Waals surface area contributed by atoms with Gasteiger partial charge in [-0.3, -0.25) is 4.79 Å². The van der Waals surface area contributed by atoms with Crippen molar-refractivity contribution < 1.29 is 14.7 Å². The molecule has 0 aliphatic heterocycles. The summed E-state index contributed by atoms with van der Waals surface area (Å²) in [7, 11) is 0. The first-order valence-electron chi connectivity index (χ1n) is 7.46. The third kappa shape index (κ3) is 5.10. The average Bonchev–Trinajstić information content (AvgIpc) is 2.98. The monoisotopic (exact) mass is 290 g/mol. The summed E-state index contributed by atoms with van der Waals surface area (Å²) in [6, 6.07) is 8.38. The Morgan fingerprint density at radius 1 is 1.19 bits per heavy atom. The first-order chi connectivity index (χ1) is 10.1. The van der Waals surface area contributed by atoms with Crippen LogP contribution in [0.15, 0.2) is 30.3 Å². The van der Waals surface area contributed by atoms with E-state index in [1.54, 1.807) is 0 Å². The van der Waals surface area contributed by atoms with Gasteiger partial charge in [-0.2, -0.15) is 0 Å². The van der Waals surface area contributed by atoms with E-state index in [9.17, 15) is 9.59 Å². The molecular formula is C16H22N2O3. The molecule has 1 fully saturated rings. The van der Waals surface area contributed by atoms with E-state index in [0.717, 1.165) is 18.4 Å². The third-order valence-electron chi connectivity index (χ3n) is 3.91. The number of carbonyl (C=O) groups is 2. The molecular weight excluding hydrogens is 268 g/mol. The highest BCUT2D eigenvalue weighted by atomic mass is 16.4. The Morgan fingerprint density at radius 3 is 2.48 bits per heavy atom. The number of carboxylic acid groups (broad SMARTS) is 1. The fraction of sp³-hybridized carbons (Fsp3) is 0.500. The molecule has 1 aliphatic rings. The highest BCUT2D eigenvalue weighted by Crippen LogP contribution is 2.23. The lowest BCUT2D eigenvalue weighted by atomic mass is 10.0. The largest absolute Gasteiger partial charge is 0.481 e. The minimum Gasteiger partial charge on any atom is -0.481 e. The summed E-state index contributed by atoms with van der Waals surface area (Å²) in [6.07, 6.45) is 4.68. The molecule has 3 N–H and O–H groups in total. The van der Waals surface area contributed by atoms with E-state index in [0.29, 0.717) is 12.5 Å². The first-order valence-corrected chi connectivity index (χ1v) is 7.46. The summed E-state index contributed by atoms with van der Waals surface area (Å²) in [5.41, 5.74) is 0.802. The molecule has 2 amide bonds. The van der Waals surface area contributed by atoms with Crippen molar-refractivity contribution in [2.24, 2.45) is 5.92 Å². The maximum atomic E-state index is 11.9. The summed E-state index contributed by atoms with van der Waals surface area (Å²) < 4.78 is 0. The Balaban J connectivity index is 1.88. The van der Waals surface area contributed by atoms with Crippen molar-refractivity contribution in [3.05, 3.63) is 35.9 Å². The van der Waals surface area contributed by atoms with E-state index in [-0.39, 0.29) is 12.5 Å². The highest BCUT2D eigenvalue weighted by Gasteiger charge is 2.19. The van der Waals surface area contributed by atoms with Crippen LogP contribution in [0.4, 0.5) is 4.79 Å². The van der Waals surface area contributed by atoms with Gasteiger partial charge in [-0.1, -0.05) is 43.2 Å². The molecule has 1 aromatic rings. The molecule has 1 saturated carbocycles. The predicted molar refractivity (Wildman–Crippen MR) is 79.9 cm³/mol. The Bertz CT molecular complexity index is 470. The summed E-state index contributed by atoms with van der Waals surface area (Å²) in [5.74, 6) is -0.370. The van der Waals surface area contributed by atoms with Crippen LogP contribution in [0, 0.1) is 5.92 Å². The molecule has 0 radical (unpaired) electrons. The number of aliphatic carboxylic acids is 1. The van der Waals surface area contributed by atoms with Crippen molar-refractivity contribution in [1.29, 1.82) is 0 Å². The van der Waals surface area contributed by atoms with Gasteiger partial charge in [0.05, 0.1) is 12.5 Å². The minimum atomic E-state index is -0.931. The van der Waals surface area contributed by atoms with Crippen LogP contribution < -0.4 is 10.6 Å². The lowest BCUT2D eigenvalue weighted by Crippen LogP contribution is -2.40. The van der Waals surface area contributed by atoms with Crippen LogP contribution in [0.5, 0.6) is 0 Å². The zero-order valence-electron chi connectivity index (χ0n) is 12.0. The third-order valence-corrected chi connectivity index (χ3v) is 3.91. The van der Waals surface area contributed by atoms with Crippen LogP contribution in [0.25, 0.3) is 0 Å². The summed E-state index contributed by atoms with van der Waals surface area (Å²) in [5, 5.41) is 14.6. The molecule has 1 unspecified atom stereocenters. The maximum Gasteiger partial charge on any atom is 0.315 e. The smallest absolute Gasteiger partial charge is 0.315 e. The molecule has 0 aromatic heterocycles. The van der Waals surface area contributed by atoms with Gasteiger partial charge in [-0.05, 0) is 24.3 Å². The lowest BCUT2D eigenvalue weighted by Gasteiger charge is -2.19. The SMILES string of the molecule is O=C(O)CC(NC(=O)NCC1CCCC1)c1ccccc1. The van der Waals surface area contributed by atoms with E-state index in [2.05, 4.69) is 10.6 Å². The fourth-order valence-corrected chi connectivity index (χ4v) is 2.77. The van der Waals surface area contributed by atoms with Gasteiger partial charge in [0.1, 0.15) is 0 Å². The Hall–Kier alpha value is -2.04. The minimum absolute atomic E-state index is 0.124. The maximum absolute atomic E-state index is 11.9. The molecule has 5 heteroatoms. The molecule has 2 rings (SSSR count). The Morgan fingerprint density at radius 2 is 1.86 bits per heavy atom. The predicted octanol–water partition coefficient (Wildman–Crippen LogP) is 2.69. The van der Waals surface area contributed by atoms with Crippen LogP contribution in [-0.2, 0) is 4.79 Å². The van der Waals surface area contributed by atoms with Gasteiger partial charge in [0.25, 0.3) is 0 Å². The molecule has 1 aliphatic carbocycles. The van der Waals surface area contributed by atoms with Crippen molar-refractivity contribution >= 4 is 12.0 Å². The number of carboxylic acids is 1. The van der Waals surface area contributed by atoms with Crippen molar-refractivity contribution in [3.63, 3.8) is 0 Å². The van der Waals surface area contributed by atoms with Crippen LogP contribution in [-0.4, -0.2) is 23.7 Å². The number of rotatable bonds is 6. The first kappa shape index (κ1) is 15.4. The second-order valence-electron chi connectivity index (χ2n) is 5.57. The highest BCUT2D eigenvalue weighted by molar-refractivity contribution is 5.76. The number of hydrogen-bond acceptors (Lipinski definition) is 2. The van der Waals surface area contributed by atoms with Crippen molar-refractivity contribution in [1.82, 2.24) is 10.6 Å². The second kappa shape index (κ2) is 7.67. The average molecular weight is 290 g/mol. The Kier molecular flexibility index (Phi) is 5.60. The van der Waals surface area contributed by atoms with Gasteiger partial charge in [0.15, 0.2) is 0 Å². The van der Waals surface area contributed by atoms with Gasteiger partial charge in [0, 0.05) is 6.54 Å². The zero-order valence-corrected chi connectivity index (χ0v) is 12.0. The summed E-state index contributed by atoms with van der Waals surface area (Å²) in [6.45, 7) is 0.667. The number of nitrogens with one attached hydrogen (secondary N) is 2. The number of hydrogen-bond donors (Lipinski definition) is 3. The fourth-order valence-electron chi connectivity index (χ4n) is 2.77. The molecule has 5 nitrogen and oxygen atoms in total. The van der Waals surface area contributed by atoms with Crippen molar-refractivity contribution in [3.8, 4) is 0 Å². The molecule has 1 atom stereocenters. The van der Waals surface area contributed by atoms with Gasteiger partial charge >= 0.3 is 12.0 Å².